The summed E-state index contributed by atoms with van der Waals surface area (Å²) in [6, 6.07) is 8.02. The molecule has 134 valence electrons. The van der Waals surface area contributed by atoms with Crippen LogP contribution in [-0.4, -0.2) is 65.8 Å². The number of carboxylic acid groups (broad SMARTS) is 1. The number of carbonyl (C=O) groups is 1. The van der Waals surface area contributed by atoms with Gasteiger partial charge in [-0.15, -0.1) is 0 Å². The van der Waals surface area contributed by atoms with Gasteiger partial charge in [-0.25, -0.2) is 4.79 Å². The van der Waals surface area contributed by atoms with Crippen molar-refractivity contribution in [2.24, 2.45) is 0 Å². The van der Waals surface area contributed by atoms with Crippen LogP contribution < -0.4 is 10.6 Å². The summed E-state index contributed by atoms with van der Waals surface area (Å²) >= 11 is 0. The zero-order valence-electron chi connectivity index (χ0n) is 15.0. The molecule has 0 radical (unpaired) electrons. The Balaban J connectivity index is 1.75. The molecule has 2 rings (SSSR count). The van der Waals surface area contributed by atoms with Gasteiger partial charge in [0.1, 0.15) is 0 Å². The highest BCUT2D eigenvalue weighted by molar-refractivity contribution is 5.65. The summed E-state index contributed by atoms with van der Waals surface area (Å²) in [5.74, 6) is 0. The molecule has 0 bridgehead atoms. The highest BCUT2D eigenvalue weighted by atomic mass is 16.4. The first kappa shape index (κ1) is 18.4. The summed E-state index contributed by atoms with van der Waals surface area (Å²) in [5, 5.41) is 9.32. The van der Waals surface area contributed by atoms with E-state index < -0.39 is 6.09 Å². The van der Waals surface area contributed by atoms with Crippen LogP contribution in [0, 0.1) is 0 Å². The zero-order valence-corrected chi connectivity index (χ0v) is 15.0. The monoisotopic (exact) mass is 334 g/mol. The SMILES string of the molecule is CC(C)(C)N(CCCN1CCN(c2ccc(N)cc2)CC1)C(=O)O. The normalized spacial score (nSPS) is 16.2. The van der Waals surface area contributed by atoms with Crippen molar-refractivity contribution in [3.8, 4) is 0 Å². The van der Waals surface area contributed by atoms with Gasteiger partial charge in [-0.05, 0) is 58.0 Å². The van der Waals surface area contributed by atoms with Crippen molar-refractivity contribution in [1.29, 1.82) is 0 Å². The van der Waals surface area contributed by atoms with Gasteiger partial charge in [-0.2, -0.15) is 0 Å². The third kappa shape index (κ3) is 5.03. The number of piperazine rings is 1. The first-order chi connectivity index (χ1) is 11.3. The topological polar surface area (TPSA) is 73.0 Å². The number of nitrogen functional groups attached to an aromatic ring is 1. The number of rotatable bonds is 5. The minimum atomic E-state index is -0.837. The van der Waals surface area contributed by atoms with Crippen molar-refractivity contribution in [2.75, 3.05) is 49.9 Å². The van der Waals surface area contributed by atoms with Crippen LogP contribution in [0.3, 0.4) is 0 Å². The number of nitrogens with zero attached hydrogens (tertiary/aromatic N) is 3. The van der Waals surface area contributed by atoms with Crippen molar-refractivity contribution in [3.05, 3.63) is 24.3 Å². The highest BCUT2D eigenvalue weighted by Crippen LogP contribution is 2.18. The lowest BCUT2D eigenvalue weighted by Gasteiger charge is -2.37. The standard InChI is InChI=1S/C18H30N4O2/c1-18(2,3)22(17(23)24)10-4-9-20-11-13-21(14-12-20)16-7-5-15(19)6-8-16/h5-8H,4,9-14,19H2,1-3H3,(H,23,24). The van der Waals surface area contributed by atoms with Crippen LogP contribution in [0.15, 0.2) is 24.3 Å². The maximum atomic E-state index is 11.3. The van der Waals surface area contributed by atoms with Crippen LogP contribution in [-0.2, 0) is 0 Å². The summed E-state index contributed by atoms with van der Waals surface area (Å²) in [6.45, 7) is 11.3. The van der Waals surface area contributed by atoms with Gasteiger partial charge < -0.3 is 20.6 Å². The Bertz CT molecular complexity index is 531. The summed E-state index contributed by atoms with van der Waals surface area (Å²) in [7, 11) is 0. The van der Waals surface area contributed by atoms with E-state index in [1.807, 2.05) is 32.9 Å². The number of nitrogens with two attached hydrogens (primary N) is 1. The molecule has 1 heterocycles. The van der Waals surface area contributed by atoms with Crippen molar-refractivity contribution in [3.63, 3.8) is 0 Å². The number of anilines is 2. The van der Waals surface area contributed by atoms with E-state index in [-0.39, 0.29) is 5.54 Å². The molecule has 1 aromatic rings. The highest BCUT2D eigenvalue weighted by Gasteiger charge is 2.26. The second-order valence-electron chi connectivity index (χ2n) is 7.38. The Morgan fingerprint density at radius 3 is 2.25 bits per heavy atom. The third-order valence-electron chi connectivity index (χ3n) is 4.53. The van der Waals surface area contributed by atoms with Crippen LogP contribution >= 0.6 is 0 Å². The molecule has 6 heteroatoms. The molecular formula is C18H30N4O2. The van der Waals surface area contributed by atoms with E-state index in [4.69, 9.17) is 5.73 Å². The van der Waals surface area contributed by atoms with Gasteiger partial charge in [0.2, 0.25) is 0 Å². The molecule has 3 N–H and O–H groups in total. The Hall–Kier alpha value is -1.95. The van der Waals surface area contributed by atoms with Crippen molar-refractivity contribution < 1.29 is 9.90 Å². The summed E-state index contributed by atoms with van der Waals surface area (Å²) < 4.78 is 0. The smallest absolute Gasteiger partial charge is 0.407 e. The van der Waals surface area contributed by atoms with Crippen LogP contribution in [0.1, 0.15) is 27.2 Å². The predicted octanol–water partition coefficient (Wildman–Crippen LogP) is 2.56. The second kappa shape index (κ2) is 7.75. The predicted molar refractivity (Wildman–Crippen MR) is 98.6 cm³/mol. The summed E-state index contributed by atoms with van der Waals surface area (Å²) in [5.41, 5.74) is 7.40. The molecule has 1 amide bonds. The minimum Gasteiger partial charge on any atom is -0.465 e. The molecular weight excluding hydrogens is 304 g/mol. The number of amides is 1. The van der Waals surface area contributed by atoms with E-state index in [9.17, 15) is 9.90 Å². The number of hydrogen-bond acceptors (Lipinski definition) is 4. The molecule has 1 aromatic carbocycles. The largest absolute Gasteiger partial charge is 0.465 e. The number of benzene rings is 1. The van der Waals surface area contributed by atoms with Gasteiger partial charge in [0.05, 0.1) is 0 Å². The second-order valence-corrected chi connectivity index (χ2v) is 7.38. The minimum absolute atomic E-state index is 0.348. The van der Waals surface area contributed by atoms with Crippen molar-refractivity contribution >= 4 is 17.5 Å². The molecule has 0 atom stereocenters. The van der Waals surface area contributed by atoms with Gasteiger partial charge in [0.25, 0.3) is 0 Å². The van der Waals surface area contributed by atoms with Crippen LogP contribution in [0.25, 0.3) is 0 Å². The fraction of sp³-hybridized carbons (Fsp3) is 0.611. The molecule has 0 aliphatic carbocycles. The lowest BCUT2D eigenvalue weighted by Crippen LogP contribution is -2.48. The van der Waals surface area contributed by atoms with Crippen molar-refractivity contribution in [1.82, 2.24) is 9.80 Å². The van der Waals surface area contributed by atoms with Crippen LogP contribution in [0.4, 0.5) is 16.2 Å². The maximum Gasteiger partial charge on any atom is 0.407 e. The Morgan fingerprint density at radius 1 is 1.17 bits per heavy atom. The summed E-state index contributed by atoms with van der Waals surface area (Å²) in [6.07, 6.45) is 0.0292. The average Bonchev–Trinajstić information content (AvgIpc) is 2.51. The fourth-order valence-electron chi connectivity index (χ4n) is 3.09. The molecule has 6 nitrogen and oxygen atoms in total. The molecule has 1 aliphatic rings. The zero-order chi connectivity index (χ0) is 17.7. The van der Waals surface area contributed by atoms with Crippen LogP contribution in [0.2, 0.25) is 0 Å². The average molecular weight is 334 g/mol. The summed E-state index contributed by atoms with van der Waals surface area (Å²) in [4.78, 5) is 17.7. The van der Waals surface area contributed by atoms with Gasteiger partial charge in [0.15, 0.2) is 0 Å². The molecule has 1 saturated heterocycles. The first-order valence-electron chi connectivity index (χ1n) is 8.61. The van der Waals surface area contributed by atoms with E-state index in [1.165, 1.54) is 10.6 Å². The van der Waals surface area contributed by atoms with Gasteiger partial charge in [-0.3, -0.25) is 4.90 Å². The van der Waals surface area contributed by atoms with E-state index in [1.54, 1.807) is 0 Å². The number of hydrogen-bond donors (Lipinski definition) is 2. The first-order valence-corrected chi connectivity index (χ1v) is 8.61. The van der Waals surface area contributed by atoms with Gasteiger partial charge in [-0.1, -0.05) is 0 Å². The molecule has 1 aliphatic heterocycles. The van der Waals surface area contributed by atoms with E-state index in [0.717, 1.165) is 44.8 Å². The molecule has 0 spiro atoms. The van der Waals surface area contributed by atoms with Gasteiger partial charge in [0, 0.05) is 49.6 Å². The van der Waals surface area contributed by atoms with E-state index >= 15 is 0 Å². The maximum absolute atomic E-state index is 11.3. The fourth-order valence-corrected chi connectivity index (χ4v) is 3.09. The molecule has 0 saturated carbocycles. The third-order valence-corrected chi connectivity index (χ3v) is 4.53. The molecule has 0 aromatic heterocycles. The van der Waals surface area contributed by atoms with Crippen molar-refractivity contribution in [2.45, 2.75) is 32.7 Å². The lowest BCUT2D eigenvalue weighted by atomic mass is 10.1. The Morgan fingerprint density at radius 2 is 1.75 bits per heavy atom. The molecule has 1 fully saturated rings. The van der Waals surface area contributed by atoms with E-state index in [0.29, 0.717) is 6.54 Å². The molecule has 24 heavy (non-hydrogen) atoms. The Kier molecular flexibility index (Phi) is 5.94. The lowest BCUT2D eigenvalue weighted by molar-refractivity contribution is 0.0963. The van der Waals surface area contributed by atoms with Crippen LogP contribution in [0.5, 0.6) is 0 Å². The quantitative estimate of drug-likeness (QED) is 0.810. The van der Waals surface area contributed by atoms with Gasteiger partial charge >= 0.3 is 6.09 Å². The Labute approximate surface area is 144 Å². The van der Waals surface area contributed by atoms with E-state index in [2.05, 4.69) is 21.9 Å². The molecule has 0 unspecified atom stereocenters.